The normalized spacial score (nSPS) is 15.0. The van der Waals surface area contributed by atoms with Crippen LogP contribution in [0.4, 0.5) is 4.79 Å². The molecular weight excluding hydrogens is 312 g/mol. The number of rotatable bonds is 6. The molecule has 7 nitrogen and oxygen atoms in total. The zero-order chi connectivity index (χ0) is 16.1. The van der Waals surface area contributed by atoms with Crippen molar-refractivity contribution in [3.05, 3.63) is 28.2 Å². The van der Waals surface area contributed by atoms with Crippen LogP contribution in [-0.4, -0.2) is 38.4 Å². The first-order valence-electron chi connectivity index (χ1n) is 8.05. The van der Waals surface area contributed by atoms with Crippen molar-refractivity contribution >= 4 is 17.4 Å². The van der Waals surface area contributed by atoms with Gasteiger partial charge in [-0.3, -0.25) is 4.68 Å². The predicted molar refractivity (Wildman–Crippen MR) is 88.5 cm³/mol. The molecular formula is C15H22N6OS. The largest absolute Gasteiger partial charge is 0.338 e. The summed E-state index contributed by atoms with van der Waals surface area (Å²) in [6, 6.07) is -0.164. The molecule has 0 fully saturated rings. The molecule has 0 bridgehead atoms. The van der Waals surface area contributed by atoms with Crippen molar-refractivity contribution in [3.8, 4) is 0 Å². The highest BCUT2D eigenvalue weighted by molar-refractivity contribution is 7.11. The summed E-state index contributed by atoms with van der Waals surface area (Å²) in [5.41, 5.74) is 1.28. The van der Waals surface area contributed by atoms with E-state index < -0.39 is 0 Å². The lowest BCUT2D eigenvalue weighted by Crippen LogP contribution is -2.43. The molecule has 124 valence electrons. The number of hydrogen-bond acceptors (Lipinski definition) is 5. The van der Waals surface area contributed by atoms with Crippen molar-refractivity contribution < 1.29 is 4.79 Å². The van der Waals surface area contributed by atoms with Gasteiger partial charge < -0.3 is 10.6 Å². The SMILES string of the molecule is C[C@H](Cn1cncn1)NC(=O)NCCc1nc2c(s1)CCCC2. The third-order valence-corrected chi connectivity index (χ3v) is 5.04. The first-order chi connectivity index (χ1) is 11.2. The van der Waals surface area contributed by atoms with Crippen molar-refractivity contribution in [3.63, 3.8) is 0 Å². The van der Waals surface area contributed by atoms with Crippen LogP contribution in [0.5, 0.6) is 0 Å². The van der Waals surface area contributed by atoms with Gasteiger partial charge in [0.25, 0.3) is 0 Å². The quantitative estimate of drug-likeness (QED) is 0.839. The summed E-state index contributed by atoms with van der Waals surface area (Å²) in [4.78, 5) is 21.9. The topological polar surface area (TPSA) is 84.7 Å². The first kappa shape index (κ1) is 15.9. The second-order valence-electron chi connectivity index (χ2n) is 5.85. The molecule has 0 unspecified atom stereocenters. The Morgan fingerprint density at radius 3 is 3.09 bits per heavy atom. The van der Waals surface area contributed by atoms with Crippen LogP contribution in [-0.2, 0) is 25.8 Å². The van der Waals surface area contributed by atoms with Crippen LogP contribution in [0.2, 0.25) is 0 Å². The highest BCUT2D eigenvalue weighted by Crippen LogP contribution is 2.26. The van der Waals surface area contributed by atoms with Crippen molar-refractivity contribution in [2.45, 2.75) is 51.6 Å². The summed E-state index contributed by atoms with van der Waals surface area (Å²) in [6.45, 7) is 3.15. The number of thiazole rings is 1. The maximum absolute atomic E-state index is 11.9. The van der Waals surface area contributed by atoms with Gasteiger partial charge in [-0.25, -0.2) is 14.8 Å². The smallest absolute Gasteiger partial charge is 0.315 e. The van der Waals surface area contributed by atoms with Gasteiger partial charge in [0.15, 0.2) is 0 Å². The molecule has 0 saturated carbocycles. The number of carbonyl (C=O) groups excluding carboxylic acids is 1. The van der Waals surface area contributed by atoms with Gasteiger partial charge in [-0.05, 0) is 32.6 Å². The molecule has 2 aromatic rings. The van der Waals surface area contributed by atoms with E-state index in [2.05, 4.69) is 25.7 Å². The van der Waals surface area contributed by atoms with E-state index >= 15 is 0 Å². The van der Waals surface area contributed by atoms with Crippen LogP contribution in [0, 0.1) is 0 Å². The van der Waals surface area contributed by atoms with E-state index in [1.165, 1.54) is 36.2 Å². The van der Waals surface area contributed by atoms with Crippen LogP contribution in [0.3, 0.4) is 0 Å². The Balaban J connectivity index is 1.38. The summed E-state index contributed by atoms with van der Waals surface area (Å²) >= 11 is 1.80. The average molecular weight is 334 g/mol. The predicted octanol–water partition coefficient (Wildman–Crippen LogP) is 1.54. The number of amides is 2. The molecule has 0 saturated heterocycles. The second kappa shape index (κ2) is 7.54. The maximum Gasteiger partial charge on any atom is 0.315 e. The molecule has 2 amide bonds. The molecule has 0 spiro atoms. The molecule has 1 aliphatic carbocycles. The second-order valence-corrected chi connectivity index (χ2v) is 7.02. The third-order valence-electron chi connectivity index (χ3n) is 3.82. The molecule has 8 heteroatoms. The molecule has 3 rings (SSSR count). The summed E-state index contributed by atoms with van der Waals surface area (Å²) < 4.78 is 1.70. The molecule has 0 radical (unpaired) electrons. The highest BCUT2D eigenvalue weighted by atomic mass is 32.1. The minimum absolute atomic E-state index is 0.0103. The Morgan fingerprint density at radius 2 is 2.30 bits per heavy atom. The summed E-state index contributed by atoms with van der Waals surface area (Å²) in [6.07, 6.45) is 8.73. The Labute approximate surface area is 139 Å². The number of nitrogens with zero attached hydrogens (tertiary/aromatic N) is 4. The standard InChI is InChI=1S/C15H22N6OS/c1-11(8-21-10-16-9-18-21)19-15(22)17-7-6-14-20-12-4-2-3-5-13(12)23-14/h9-11H,2-8H2,1H3,(H2,17,19,22)/t11-/m1/s1. The van der Waals surface area contributed by atoms with Gasteiger partial charge in [-0.2, -0.15) is 5.10 Å². The van der Waals surface area contributed by atoms with E-state index in [1.807, 2.05) is 6.92 Å². The van der Waals surface area contributed by atoms with Gasteiger partial charge in [-0.1, -0.05) is 0 Å². The van der Waals surface area contributed by atoms with Gasteiger partial charge in [0.1, 0.15) is 12.7 Å². The first-order valence-corrected chi connectivity index (χ1v) is 8.86. The fourth-order valence-electron chi connectivity index (χ4n) is 2.72. The minimum Gasteiger partial charge on any atom is -0.338 e. The third kappa shape index (κ3) is 4.51. The number of hydrogen-bond donors (Lipinski definition) is 2. The van der Waals surface area contributed by atoms with E-state index in [4.69, 9.17) is 0 Å². The van der Waals surface area contributed by atoms with Crippen molar-refractivity contribution in [1.82, 2.24) is 30.4 Å². The van der Waals surface area contributed by atoms with Crippen LogP contribution < -0.4 is 10.6 Å². The zero-order valence-electron chi connectivity index (χ0n) is 13.3. The van der Waals surface area contributed by atoms with E-state index in [0.29, 0.717) is 13.1 Å². The van der Waals surface area contributed by atoms with Crippen molar-refractivity contribution in [2.24, 2.45) is 0 Å². The fraction of sp³-hybridized carbons (Fsp3) is 0.600. The molecule has 23 heavy (non-hydrogen) atoms. The number of aromatic nitrogens is 4. The number of urea groups is 1. The molecule has 1 atom stereocenters. The minimum atomic E-state index is -0.154. The van der Waals surface area contributed by atoms with Crippen LogP contribution >= 0.6 is 11.3 Å². The average Bonchev–Trinajstić information content (AvgIpc) is 3.15. The molecule has 2 heterocycles. The molecule has 1 aliphatic rings. The molecule has 2 N–H and O–H groups in total. The zero-order valence-corrected chi connectivity index (χ0v) is 14.1. The summed E-state index contributed by atoms with van der Waals surface area (Å²) in [5, 5.41) is 10.9. The molecule has 2 aromatic heterocycles. The number of nitrogens with one attached hydrogen (secondary N) is 2. The Hall–Kier alpha value is -1.96. The van der Waals surface area contributed by atoms with Gasteiger partial charge in [0.2, 0.25) is 0 Å². The van der Waals surface area contributed by atoms with Crippen molar-refractivity contribution in [1.29, 1.82) is 0 Å². The molecule has 0 aliphatic heterocycles. The van der Waals surface area contributed by atoms with E-state index in [1.54, 1.807) is 22.3 Å². The lowest BCUT2D eigenvalue weighted by atomic mass is 10.0. The van der Waals surface area contributed by atoms with Crippen molar-refractivity contribution in [2.75, 3.05) is 6.54 Å². The fourth-order valence-corrected chi connectivity index (χ4v) is 3.88. The maximum atomic E-state index is 11.9. The Kier molecular flexibility index (Phi) is 5.22. The summed E-state index contributed by atoms with van der Waals surface area (Å²) in [5.74, 6) is 0. The highest BCUT2D eigenvalue weighted by Gasteiger charge is 2.15. The van der Waals surface area contributed by atoms with Gasteiger partial charge in [0, 0.05) is 23.9 Å². The van der Waals surface area contributed by atoms with Gasteiger partial charge >= 0.3 is 6.03 Å². The lowest BCUT2D eigenvalue weighted by molar-refractivity contribution is 0.236. The van der Waals surface area contributed by atoms with Crippen LogP contribution in [0.15, 0.2) is 12.7 Å². The number of fused-ring (bicyclic) bond motifs is 1. The molecule has 0 aromatic carbocycles. The Morgan fingerprint density at radius 1 is 1.43 bits per heavy atom. The number of carbonyl (C=O) groups is 1. The van der Waals surface area contributed by atoms with E-state index in [9.17, 15) is 4.79 Å². The monoisotopic (exact) mass is 334 g/mol. The van der Waals surface area contributed by atoms with Crippen LogP contribution in [0.1, 0.15) is 35.3 Å². The Bertz CT molecular complexity index is 615. The van der Waals surface area contributed by atoms with Gasteiger partial charge in [-0.15, -0.1) is 11.3 Å². The van der Waals surface area contributed by atoms with Crippen LogP contribution in [0.25, 0.3) is 0 Å². The lowest BCUT2D eigenvalue weighted by Gasteiger charge is -2.14. The number of aryl methyl sites for hydroxylation is 2. The summed E-state index contributed by atoms with van der Waals surface area (Å²) in [7, 11) is 0. The van der Waals surface area contributed by atoms with E-state index in [-0.39, 0.29) is 12.1 Å². The van der Waals surface area contributed by atoms with Gasteiger partial charge in [0.05, 0.1) is 17.2 Å². The van der Waals surface area contributed by atoms with E-state index in [0.717, 1.165) is 17.8 Å².